The number of carbonyl (C=O) groups excluding carboxylic acids is 2. The van der Waals surface area contributed by atoms with Gasteiger partial charge in [-0.25, -0.2) is 4.79 Å². The molecule has 0 spiro atoms. The summed E-state index contributed by atoms with van der Waals surface area (Å²) >= 11 is 0. The standard InChI is InChI=1S/C18H19NO4/c1-19(18(21)23-14-16-5-3-2-4-6-16)11-12-22-17-9-7-15(13-20)8-10-17/h2-10,13H,11-12,14H2,1H3. The maximum absolute atomic E-state index is 11.9. The number of hydrogen-bond acceptors (Lipinski definition) is 4. The van der Waals surface area contributed by atoms with Crippen LogP contribution in [0.3, 0.4) is 0 Å². The van der Waals surface area contributed by atoms with E-state index in [1.807, 2.05) is 30.3 Å². The van der Waals surface area contributed by atoms with Crippen molar-refractivity contribution < 1.29 is 19.1 Å². The number of hydrogen-bond donors (Lipinski definition) is 0. The number of aldehydes is 1. The molecule has 0 atom stereocenters. The molecule has 23 heavy (non-hydrogen) atoms. The topological polar surface area (TPSA) is 55.8 Å². The number of nitrogens with zero attached hydrogens (tertiary/aromatic N) is 1. The predicted molar refractivity (Wildman–Crippen MR) is 86.6 cm³/mol. The second kappa shape index (κ2) is 8.58. The highest BCUT2D eigenvalue weighted by Gasteiger charge is 2.10. The van der Waals surface area contributed by atoms with E-state index >= 15 is 0 Å². The minimum absolute atomic E-state index is 0.248. The van der Waals surface area contributed by atoms with Gasteiger partial charge < -0.3 is 14.4 Å². The van der Waals surface area contributed by atoms with Crippen molar-refractivity contribution in [3.8, 4) is 5.75 Å². The van der Waals surface area contributed by atoms with Crippen LogP contribution in [0.5, 0.6) is 5.75 Å². The van der Waals surface area contributed by atoms with E-state index in [1.54, 1.807) is 31.3 Å². The van der Waals surface area contributed by atoms with E-state index in [0.29, 0.717) is 24.5 Å². The van der Waals surface area contributed by atoms with Gasteiger partial charge in [0.2, 0.25) is 0 Å². The monoisotopic (exact) mass is 313 g/mol. The third-order valence-corrected chi connectivity index (χ3v) is 3.23. The van der Waals surface area contributed by atoms with Crippen LogP contribution in [-0.2, 0) is 11.3 Å². The third kappa shape index (κ3) is 5.47. The van der Waals surface area contributed by atoms with E-state index in [9.17, 15) is 9.59 Å². The average molecular weight is 313 g/mol. The quantitative estimate of drug-likeness (QED) is 0.737. The lowest BCUT2D eigenvalue weighted by atomic mass is 10.2. The lowest BCUT2D eigenvalue weighted by molar-refractivity contribution is 0.0994. The van der Waals surface area contributed by atoms with Crippen molar-refractivity contribution in [3.63, 3.8) is 0 Å². The zero-order valence-electron chi connectivity index (χ0n) is 13.0. The van der Waals surface area contributed by atoms with E-state index < -0.39 is 6.09 Å². The number of likely N-dealkylation sites (N-methyl/N-ethyl adjacent to an activating group) is 1. The zero-order valence-corrected chi connectivity index (χ0v) is 13.0. The fourth-order valence-corrected chi connectivity index (χ4v) is 1.86. The van der Waals surface area contributed by atoms with Crippen molar-refractivity contribution in [1.29, 1.82) is 0 Å². The minimum atomic E-state index is -0.395. The number of amides is 1. The third-order valence-electron chi connectivity index (χ3n) is 3.23. The molecular weight excluding hydrogens is 294 g/mol. The molecule has 0 N–H and O–H groups in total. The second-order valence-electron chi connectivity index (χ2n) is 5.00. The van der Waals surface area contributed by atoms with Gasteiger partial charge in [0.25, 0.3) is 0 Å². The van der Waals surface area contributed by atoms with Crippen LogP contribution in [0.4, 0.5) is 4.79 Å². The highest BCUT2D eigenvalue weighted by Crippen LogP contribution is 2.11. The fraction of sp³-hybridized carbons (Fsp3) is 0.222. The van der Waals surface area contributed by atoms with Crippen molar-refractivity contribution in [2.75, 3.05) is 20.2 Å². The summed E-state index contributed by atoms with van der Waals surface area (Å²) in [6.45, 7) is 0.998. The van der Waals surface area contributed by atoms with E-state index in [2.05, 4.69) is 0 Å². The number of benzene rings is 2. The highest BCUT2D eigenvalue weighted by atomic mass is 16.6. The Morgan fingerprint density at radius 2 is 1.78 bits per heavy atom. The van der Waals surface area contributed by atoms with Crippen molar-refractivity contribution in [1.82, 2.24) is 4.90 Å². The Balaban J connectivity index is 1.69. The molecule has 0 fully saturated rings. The van der Waals surface area contributed by atoms with Gasteiger partial charge in [-0.15, -0.1) is 0 Å². The number of rotatable bonds is 7. The lowest BCUT2D eigenvalue weighted by Gasteiger charge is -2.17. The molecule has 120 valence electrons. The molecule has 5 heteroatoms. The van der Waals surface area contributed by atoms with E-state index in [0.717, 1.165) is 11.8 Å². The molecule has 0 bridgehead atoms. The lowest BCUT2D eigenvalue weighted by Crippen LogP contribution is -2.31. The molecule has 0 heterocycles. The average Bonchev–Trinajstić information content (AvgIpc) is 2.61. The van der Waals surface area contributed by atoms with E-state index in [1.165, 1.54) is 4.90 Å². The molecule has 0 saturated carbocycles. The van der Waals surface area contributed by atoms with Crippen molar-refractivity contribution in [2.45, 2.75) is 6.61 Å². The summed E-state index contributed by atoms with van der Waals surface area (Å²) in [5.41, 5.74) is 1.54. The summed E-state index contributed by atoms with van der Waals surface area (Å²) in [5.74, 6) is 0.654. The first-order valence-electron chi connectivity index (χ1n) is 7.29. The van der Waals surface area contributed by atoms with Crippen LogP contribution in [-0.4, -0.2) is 37.5 Å². The Kier molecular flexibility index (Phi) is 6.17. The summed E-state index contributed by atoms with van der Waals surface area (Å²) in [6.07, 6.45) is 0.383. The van der Waals surface area contributed by atoms with Gasteiger partial charge in [-0.1, -0.05) is 30.3 Å². The van der Waals surface area contributed by atoms with E-state index in [4.69, 9.17) is 9.47 Å². The summed E-state index contributed by atoms with van der Waals surface area (Å²) < 4.78 is 10.7. The maximum atomic E-state index is 11.9. The van der Waals surface area contributed by atoms with Gasteiger partial charge in [0.15, 0.2) is 0 Å². The Morgan fingerprint density at radius 1 is 1.09 bits per heavy atom. The molecule has 0 aromatic heterocycles. The molecule has 0 saturated heterocycles. The smallest absolute Gasteiger partial charge is 0.409 e. The van der Waals surface area contributed by atoms with Crippen LogP contribution in [0.2, 0.25) is 0 Å². The Hall–Kier alpha value is -2.82. The molecular formula is C18H19NO4. The molecule has 0 aliphatic rings. The van der Waals surface area contributed by atoms with Gasteiger partial charge in [0.05, 0.1) is 6.54 Å². The predicted octanol–water partition coefficient (Wildman–Crippen LogP) is 3.15. The van der Waals surface area contributed by atoms with Crippen molar-refractivity contribution in [3.05, 3.63) is 65.7 Å². The molecule has 0 unspecified atom stereocenters. The largest absolute Gasteiger partial charge is 0.492 e. The van der Waals surface area contributed by atoms with Gasteiger partial charge in [0.1, 0.15) is 25.2 Å². The van der Waals surface area contributed by atoms with Crippen molar-refractivity contribution in [2.24, 2.45) is 0 Å². The molecule has 5 nitrogen and oxygen atoms in total. The first-order valence-corrected chi connectivity index (χ1v) is 7.29. The summed E-state index contributed by atoms with van der Waals surface area (Å²) in [6, 6.07) is 16.3. The second-order valence-corrected chi connectivity index (χ2v) is 5.00. The SMILES string of the molecule is CN(CCOc1ccc(C=O)cc1)C(=O)OCc1ccccc1. The summed E-state index contributed by atoms with van der Waals surface area (Å²) in [5, 5.41) is 0. The van der Waals surface area contributed by atoms with Crippen LogP contribution in [0.25, 0.3) is 0 Å². The molecule has 2 aromatic rings. The van der Waals surface area contributed by atoms with Crippen LogP contribution in [0, 0.1) is 0 Å². The summed E-state index contributed by atoms with van der Waals surface area (Å²) in [7, 11) is 1.66. The highest BCUT2D eigenvalue weighted by molar-refractivity contribution is 5.74. The maximum Gasteiger partial charge on any atom is 0.409 e. The van der Waals surface area contributed by atoms with Gasteiger partial charge in [0, 0.05) is 12.6 Å². The number of ether oxygens (including phenoxy) is 2. The Morgan fingerprint density at radius 3 is 2.43 bits per heavy atom. The molecule has 0 aliphatic carbocycles. The van der Waals surface area contributed by atoms with Crippen LogP contribution in [0.15, 0.2) is 54.6 Å². The minimum Gasteiger partial charge on any atom is -0.492 e. The van der Waals surface area contributed by atoms with Gasteiger partial charge in [-0.2, -0.15) is 0 Å². The number of carbonyl (C=O) groups is 2. The molecule has 2 aromatic carbocycles. The zero-order chi connectivity index (χ0) is 16.5. The van der Waals surface area contributed by atoms with Crippen LogP contribution < -0.4 is 4.74 Å². The molecule has 0 radical (unpaired) electrons. The van der Waals surface area contributed by atoms with E-state index in [-0.39, 0.29) is 6.61 Å². The van der Waals surface area contributed by atoms with Crippen molar-refractivity contribution >= 4 is 12.4 Å². The Labute approximate surface area is 135 Å². The molecule has 0 aliphatic heterocycles. The van der Waals surface area contributed by atoms with Gasteiger partial charge >= 0.3 is 6.09 Å². The molecule has 2 rings (SSSR count). The van der Waals surface area contributed by atoms with Crippen LogP contribution >= 0.6 is 0 Å². The normalized spacial score (nSPS) is 9.96. The Bertz CT molecular complexity index is 625. The van der Waals surface area contributed by atoms with Gasteiger partial charge in [-0.3, -0.25) is 4.79 Å². The first-order chi connectivity index (χ1) is 11.2. The first kappa shape index (κ1) is 16.5. The summed E-state index contributed by atoms with van der Waals surface area (Å²) in [4.78, 5) is 23.9. The van der Waals surface area contributed by atoms with Gasteiger partial charge in [-0.05, 0) is 29.8 Å². The fourth-order valence-electron chi connectivity index (χ4n) is 1.86. The van der Waals surface area contributed by atoms with Crippen LogP contribution in [0.1, 0.15) is 15.9 Å². The molecule has 1 amide bonds.